The molecule has 7 heteroatoms. The van der Waals surface area contributed by atoms with Gasteiger partial charge in [0.05, 0.1) is 0 Å². The largest absolute Gasteiger partial charge is 0.369 e. The van der Waals surface area contributed by atoms with Crippen LogP contribution in [0.1, 0.15) is 13.8 Å². The highest BCUT2D eigenvalue weighted by molar-refractivity contribution is 5.73. The molecule has 0 saturated carbocycles. The lowest BCUT2D eigenvalue weighted by Gasteiger charge is -2.08. The van der Waals surface area contributed by atoms with Crippen molar-refractivity contribution in [3.8, 4) is 0 Å². The highest BCUT2D eigenvalue weighted by atomic mass is 16.1. The quantitative estimate of drug-likeness (QED) is 0.658. The second kappa shape index (κ2) is 3.51. The molecule has 0 bridgehead atoms. The van der Waals surface area contributed by atoms with Crippen LogP contribution in [0.4, 0.5) is 11.9 Å². The Hall–Kier alpha value is -2.05. The summed E-state index contributed by atoms with van der Waals surface area (Å²) in [7, 11) is 0. The SMILES string of the molecule is CC(C)Cn1c(N)nc2c(=O)[nH]c(N)nc21. The number of H-pyrrole nitrogens is 1. The predicted molar refractivity (Wildman–Crippen MR) is 61.8 cm³/mol. The van der Waals surface area contributed by atoms with Gasteiger partial charge in [0.25, 0.3) is 5.56 Å². The Morgan fingerprint density at radius 1 is 1.38 bits per heavy atom. The molecule has 0 fully saturated rings. The standard InChI is InChI=1S/C9H14N6O/c1-4(2)3-15-6-5(12-9(15)11)7(16)14-8(10)13-6/h4H,3H2,1-2H3,(H2,11,12)(H3,10,13,14,16). The summed E-state index contributed by atoms with van der Waals surface area (Å²) in [6.07, 6.45) is 0. The number of imidazole rings is 1. The van der Waals surface area contributed by atoms with Gasteiger partial charge in [0, 0.05) is 6.54 Å². The first-order valence-electron chi connectivity index (χ1n) is 5.00. The van der Waals surface area contributed by atoms with E-state index in [4.69, 9.17) is 11.5 Å². The number of nitrogens with one attached hydrogen (secondary N) is 1. The molecule has 2 rings (SSSR count). The number of nitrogen functional groups attached to an aromatic ring is 2. The van der Waals surface area contributed by atoms with Crippen molar-refractivity contribution in [1.29, 1.82) is 0 Å². The number of aromatic amines is 1. The first-order valence-corrected chi connectivity index (χ1v) is 5.00. The van der Waals surface area contributed by atoms with Crippen LogP contribution in [0.15, 0.2) is 4.79 Å². The lowest BCUT2D eigenvalue weighted by molar-refractivity contribution is 0.535. The van der Waals surface area contributed by atoms with Crippen molar-refractivity contribution in [3.63, 3.8) is 0 Å². The van der Waals surface area contributed by atoms with E-state index in [-0.39, 0.29) is 23.0 Å². The van der Waals surface area contributed by atoms with Crippen molar-refractivity contribution in [3.05, 3.63) is 10.4 Å². The number of hydrogen-bond donors (Lipinski definition) is 3. The maximum Gasteiger partial charge on any atom is 0.280 e. The molecule has 5 N–H and O–H groups in total. The minimum absolute atomic E-state index is 0.0717. The number of anilines is 2. The van der Waals surface area contributed by atoms with Gasteiger partial charge in [-0.05, 0) is 5.92 Å². The average Bonchev–Trinajstić information content (AvgIpc) is 2.45. The number of nitrogens with two attached hydrogens (primary N) is 2. The van der Waals surface area contributed by atoms with Crippen LogP contribution < -0.4 is 17.0 Å². The molecule has 0 aliphatic carbocycles. The van der Waals surface area contributed by atoms with Crippen molar-refractivity contribution >= 4 is 23.1 Å². The third-order valence-corrected chi connectivity index (χ3v) is 2.20. The predicted octanol–water partition coefficient (Wildman–Crippen LogP) is -0.0600. The summed E-state index contributed by atoms with van der Waals surface area (Å²) in [6, 6.07) is 0. The van der Waals surface area contributed by atoms with Gasteiger partial charge >= 0.3 is 0 Å². The Morgan fingerprint density at radius 2 is 2.06 bits per heavy atom. The van der Waals surface area contributed by atoms with E-state index in [1.54, 1.807) is 4.57 Å². The molecule has 0 aliphatic rings. The van der Waals surface area contributed by atoms with Crippen LogP contribution in [0.3, 0.4) is 0 Å². The molecule has 0 aliphatic heterocycles. The van der Waals surface area contributed by atoms with Crippen LogP contribution in [0, 0.1) is 5.92 Å². The fourth-order valence-electron chi connectivity index (χ4n) is 1.59. The van der Waals surface area contributed by atoms with Crippen LogP contribution in [0.25, 0.3) is 11.2 Å². The summed E-state index contributed by atoms with van der Waals surface area (Å²) in [4.78, 5) is 22.0. The molecule has 0 amide bonds. The Bertz CT molecular complexity index is 581. The molecule has 16 heavy (non-hydrogen) atoms. The van der Waals surface area contributed by atoms with Gasteiger partial charge in [0.1, 0.15) is 0 Å². The van der Waals surface area contributed by atoms with Crippen LogP contribution in [-0.4, -0.2) is 19.5 Å². The zero-order valence-corrected chi connectivity index (χ0v) is 9.19. The molecule has 2 heterocycles. The van der Waals surface area contributed by atoms with Gasteiger partial charge in [-0.1, -0.05) is 13.8 Å². The third kappa shape index (κ3) is 1.60. The Morgan fingerprint density at radius 3 is 2.69 bits per heavy atom. The Kier molecular flexibility index (Phi) is 2.30. The van der Waals surface area contributed by atoms with Gasteiger partial charge in [-0.3, -0.25) is 14.3 Å². The first kappa shape index (κ1) is 10.5. The van der Waals surface area contributed by atoms with E-state index >= 15 is 0 Å². The number of rotatable bonds is 2. The highest BCUT2D eigenvalue weighted by Gasteiger charge is 2.14. The molecule has 0 aromatic carbocycles. The van der Waals surface area contributed by atoms with Gasteiger partial charge in [0.15, 0.2) is 11.2 Å². The van der Waals surface area contributed by atoms with Crippen LogP contribution in [0.5, 0.6) is 0 Å². The van der Waals surface area contributed by atoms with E-state index in [9.17, 15) is 4.79 Å². The lowest BCUT2D eigenvalue weighted by Crippen LogP contribution is -2.13. The van der Waals surface area contributed by atoms with E-state index < -0.39 is 0 Å². The number of aromatic nitrogens is 4. The van der Waals surface area contributed by atoms with E-state index in [1.165, 1.54) is 0 Å². The third-order valence-electron chi connectivity index (χ3n) is 2.20. The molecule has 2 aromatic rings. The minimum atomic E-state index is -0.364. The maximum atomic E-state index is 11.5. The van der Waals surface area contributed by atoms with Crippen molar-refractivity contribution in [2.75, 3.05) is 11.5 Å². The van der Waals surface area contributed by atoms with Crippen molar-refractivity contribution in [2.24, 2.45) is 5.92 Å². The smallest absolute Gasteiger partial charge is 0.280 e. The number of fused-ring (bicyclic) bond motifs is 1. The summed E-state index contributed by atoms with van der Waals surface area (Å²) in [6.45, 7) is 4.74. The van der Waals surface area contributed by atoms with Crippen LogP contribution in [0.2, 0.25) is 0 Å². The van der Waals surface area contributed by atoms with Gasteiger partial charge in [0.2, 0.25) is 11.9 Å². The molecule has 2 aromatic heterocycles. The van der Waals surface area contributed by atoms with E-state index in [2.05, 4.69) is 15.0 Å². The first-order chi connectivity index (χ1) is 7.49. The molecule has 0 unspecified atom stereocenters. The van der Waals surface area contributed by atoms with Crippen molar-refractivity contribution in [2.45, 2.75) is 20.4 Å². The molecule has 0 atom stereocenters. The number of nitrogens with zero attached hydrogens (tertiary/aromatic N) is 3. The van der Waals surface area contributed by atoms with Crippen molar-refractivity contribution < 1.29 is 0 Å². The summed E-state index contributed by atoms with van der Waals surface area (Å²) in [5.74, 6) is 0.733. The summed E-state index contributed by atoms with van der Waals surface area (Å²) < 4.78 is 1.70. The molecule has 7 nitrogen and oxygen atoms in total. The highest BCUT2D eigenvalue weighted by Crippen LogP contribution is 2.14. The zero-order chi connectivity index (χ0) is 11.9. The van der Waals surface area contributed by atoms with Crippen molar-refractivity contribution in [1.82, 2.24) is 19.5 Å². The fraction of sp³-hybridized carbons (Fsp3) is 0.444. The molecule has 0 spiro atoms. The summed E-state index contributed by atoms with van der Waals surface area (Å²) in [5, 5.41) is 0. The Labute approximate surface area is 91.5 Å². The van der Waals surface area contributed by atoms with Crippen LogP contribution in [-0.2, 0) is 6.54 Å². The monoisotopic (exact) mass is 222 g/mol. The van der Waals surface area contributed by atoms with Crippen LogP contribution >= 0.6 is 0 Å². The molecule has 86 valence electrons. The van der Waals surface area contributed by atoms with E-state index in [1.807, 2.05) is 13.8 Å². The topological polar surface area (TPSA) is 116 Å². The van der Waals surface area contributed by atoms with Gasteiger partial charge in [-0.2, -0.15) is 4.98 Å². The average molecular weight is 222 g/mol. The lowest BCUT2D eigenvalue weighted by atomic mass is 10.2. The Balaban J connectivity index is 2.73. The summed E-state index contributed by atoms with van der Waals surface area (Å²) >= 11 is 0. The number of hydrogen-bond acceptors (Lipinski definition) is 5. The normalized spacial score (nSPS) is 11.4. The summed E-state index contributed by atoms with van der Waals surface area (Å²) in [5.41, 5.74) is 11.5. The maximum absolute atomic E-state index is 11.5. The second-order valence-corrected chi connectivity index (χ2v) is 4.10. The van der Waals surface area contributed by atoms with Gasteiger partial charge in [-0.25, -0.2) is 4.98 Å². The van der Waals surface area contributed by atoms with Gasteiger partial charge < -0.3 is 11.5 Å². The second-order valence-electron chi connectivity index (χ2n) is 4.10. The minimum Gasteiger partial charge on any atom is -0.369 e. The van der Waals surface area contributed by atoms with E-state index in [0.717, 1.165) is 0 Å². The van der Waals surface area contributed by atoms with E-state index in [0.29, 0.717) is 18.1 Å². The zero-order valence-electron chi connectivity index (χ0n) is 9.19. The molecular formula is C9H14N6O. The fourth-order valence-corrected chi connectivity index (χ4v) is 1.59. The molecule has 0 radical (unpaired) electrons. The molecular weight excluding hydrogens is 208 g/mol. The molecule has 0 saturated heterocycles. The van der Waals surface area contributed by atoms with Gasteiger partial charge in [-0.15, -0.1) is 0 Å².